The maximum Gasteiger partial charge on any atom is 0.440 e. The fourth-order valence-electron chi connectivity index (χ4n) is 1.81. The average molecular weight is 273 g/mol. The van der Waals surface area contributed by atoms with Crippen LogP contribution in [0.1, 0.15) is 28.8 Å². The molecule has 5 nitrogen and oxygen atoms in total. The van der Waals surface area contributed by atoms with Crippen molar-refractivity contribution in [2.24, 2.45) is 0 Å². The van der Waals surface area contributed by atoms with Gasteiger partial charge in [-0.15, -0.1) is 6.58 Å². The van der Waals surface area contributed by atoms with Crippen LogP contribution in [0.5, 0.6) is 0 Å². The van der Waals surface area contributed by atoms with Crippen molar-refractivity contribution < 1.29 is 14.6 Å². The Kier molecular flexibility index (Phi) is 5.98. The molecule has 0 heterocycles. The summed E-state index contributed by atoms with van der Waals surface area (Å²) in [6, 6.07) is 7.27. The van der Waals surface area contributed by atoms with Crippen molar-refractivity contribution >= 4 is 5.78 Å². The predicted molar refractivity (Wildman–Crippen MR) is 75.7 cm³/mol. The Hall–Kier alpha value is -2.61. The molecule has 0 bridgehead atoms. The fourth-order valence-corrected chi connectivity index (χ4v) is 1.81. The zero-order chi connectivity index (χ0) is 15.0. The lowest BCUT2D eigenvalue weighted by atomic mass is 9.98. The molecule has 0 unspecified atom stereocenters. The van der Waals surface area contributed by atoms with Crippen molar-refractivity contribution in [1.82, 2.24) is 0 Å². The number of methoxy groups -OCH3 is 1. The average Bonchev–Trinajstić information content (AvgIpc) is 2.48. The van der Waals surface area contributed by atoms with Crippen molar-refractivity contribution in [3.05, 3.63) is 64.7 Å². The number of ether oxygens (including phenoxy) is 1. The number of Topliss-reactive ketones (excluding diaryl/α,β-unsaturated/α-hetero) is 1. The van der Waals surface area contributed by atoms with Gasteiger partial charge in [0.2, 0.25) is 5.39 Å². The number of carbonyl (C=O) groups is 1. The Bertz CT molecular complexity index is 571. The molecule has 0 atom stereocenters. The van der Waals surface area contributed by atoms with Crippen LogP contribution in [0.2, 0.25) is 0 Å². The molecule has 20 heavy (non-hydrogen) atoms. The topological polar surface area (TPSA) is 74.7 Å². The Morgan fingerprint density at radius 2 is 2.15 bits per heavy atom. The molecule has 0 fully saturated rings. The largest absolute Gasteiger partial charge is 0.475 e. The number of carbonyl (C=O) groups excluding carboxylic acids is 1. The summed E-state index contributed by atoms with van der Waals surface area (Å²) < 4.78 is 4.56. The van der Waals surface area contributed by atoms with E-state index in [1.165, 1.54) is 7.11 Å². The molecule has 0 aliphatic rings. The molecule has 0 saturated heterocycles. The second-order valence-corrected chi connectivity index (χ2v) is 4.13. The van der Waals surface area contributed by atoms with E-state index < -0.39 is 5.95 Å². The first-order valence-corrected chi connectivity index (χ1v) is 6.17. The van der Waals surface area contributed by atoms with Gasteiger partial charge >= 0.3 is 11.6 Å². The monoisotopic (exact) mass is 273 g/mol. The third kappa shape index (κ3) is 3.95. The van der Waals surface area contributed by atoms with Crippen LogP contribution in [-0.2, 0) is 11.2 Å². The molecule has 0 saturated carbocycles. The Labute approximate surface area is 117 Å². The number of nitrogens with zero attached hydrogens (tertiary/aromatic N) is 2. The molecule has 0 aliphatic heterocycles. The third-order valence-corrected chi connectivity index (χ3v) is 2.83. The molecule has 1 aromatic carbocycles. The van der Waals surface area contributed by atoms with Gasteiger partial charge in [-0.3, -0.25) is 4.79 Å². The number of rotatable bonds is 7. The smallest absolute Gasteiger partial charge is 0.440 e. The first-order chi connectivity index (χ1) is 9.63. The molecule has 1 N–H and O–H groups in total. The first kappa shape index (κ1) is 15.4. The number of diazo groups is 1. The Balaban J connectivity index is 2.83. The van der Waals surface area contributed by atoms with E-state index in [1.54, 1.807) is 18.2 Å². The van der Waals surface area contributed by atoms with Crippen molar-refractivity contribution in [2.75, 3.05) is 7.11 Å². The third-order valence-electron chi connectivity index (χ3n) is 2.83. The number of hydrogen-bond acceptors (Lipinski definition) is 4. The highest BCUT2D eigenvalue weighted by Crippen LogP contribution is 2.17. The van der Waals surface area contributed by atoms with Crippen molar-refractivity contribution in [1.29, 1.82) is 5.39 Å². The molecular formula is C15H17N2O3+. The second kappa shape index (κ2) is 7.74. The Morgan fingerprint density at radius 3 is 2.75 bits per heavy atom. The van der Waals surface area contributed by atoms with Crippen LogP contribution in [0.4, 0.5) is 0 Å². The van der Waals surface area contributed by atoms with Crippen LogP contribution in [0.25, 0.3) is 4.98 Å². The van der Waals surface area contributed by atoms with Crippen LogP contribution < -0.4 is 0 Å². The maximum atomic E-state index is 12.2. The summed E-state index contributed by atoms with van der Waals surface area (Å²) in [7, 11) is 1.25. The molecule has 0 aliphatic carbocycles. The van der Waals surface area contributed by atoms with Gasteiger partial charge in [0.1, 0.15) is 0 Å². The lowest BCUT2D eigenvalue weighted by molar-refractivity contribution is 0.0979. The van der Waals surface area contributed by atoms with Gasteiger partial charge in [-0.05, 0) is 12.0 Å². The first-order valence-electron chi connectivity index (χ1n) is 6.17. The number of aliphatic hydroxyl groups excluding tert-OH is 1. The van der Waals surface area contributed by atoms with Gasteiger partial charge in [-0.1, -0.05) is 30.3 Å². The minimum Gasteiger partial charge on any atom is -0.475 e. The summed E-state index contributed by atoms with van der Waals surface area (Å²) in [6.45, 7) is 3.66. The summed E-state index contributed by atoms with van der Waals surface area (Å²) in [5.41, 5.74) is 1.46. The van der Waals surface area contributed by atoms with Gasteiger partial charge in [-0.2, -0.15) is 0 Å². The predicted octanol–water partition coefficient (Wildman–Crippen LogP) is 3.60. The van der Waals surface area contributed by atoms with E-state index in [0.29, 0.717) is 12.0 Å². The van der Waals surface area contributed by atoms with Gasteiger partial charge in [0.15, 0.2) is 10.8 Å². The number of benzene rings is 1. The van der Waals surface area contributed by atoms with E-state index in [2.05, 4.69) is 16.3 Å². The lowest BCUT2D eigenvalue weighted by Crippen LogP contribution is -2.04. The van der Waals surface area contributed by atoms with Gasteiger partial charge in [0, 0.05) is 12.0 Å². The van der Waals surface area contributed by atoms with Crippen LogP contribution in [0, 0.1) is 5.39 Å². The number of ketones is 1. The van der Waals surface area contributed by atoms with E-state index >= 15 is 0 Å². The minimum atomic E-state index is -0.486. The second-order valence-electron chi connectivity index (χ2n) is 4.13. The van der Waals surface area contributed by atoms with E-state index in [9.17, 15) is 9.90 Å². The van der Waals surface area contributed by atoms with Gasteiger partial charge in [-0.25, -0.2) is 0 Å². The van der Waals surface area contributed by atoms with E-state index in [1.807, 2.05) is 12.1 Å². The highest BCUT2D eigenvalue weighted by molar-refractivity contribution is 5.97. The molecule has 0 aromatic heterocycles. The van der Waals surface area contributed by atoms with Crippen molar-refractivity contribution in [2.45, 2.75) is 19.3 Å². The summed E-state index contributed by atoms with van der Waals surface area (Å²) in [4.78, 5) is 15.1. The number of aliphatic hydroxyl groups is 1. The molecule has 0 spiro atoms. The molecule has 0 amide bonds. The molecular weight excluding hydrogens is 256 g/mol. The summed E-state index contributed by atoms with van der Waals surface area (Å²) in [6.07, 6.45) is 2.55. The lowest BCUT2D eigenvalue weighted by Gasteiger charge is -2.05. The zero-order valence-corrected chi connectivity index (χ0v) is 11.4. The van der Waals surface area contributed by atoms with E-state index in [4.69, 9.17) is 5.39 Å². The van der Waals surface area contributed by atoms with E-state index in [0.717, 1.165) is 5.56 Å². The molecule has 1 rings (SSSR count). The molecule has 104 valence electrons. The maximum absolute atomic E-state index is 12.2. The molecule has 5 heteroatoms. The van der Waals surface area contributed by atoms with Crippen LogP contribution >= 0.6 is 0 Å². The minimum absolute atomic E-state index is 0.0537. The molecule has 1 aromatic rings. The zero-order valence-electron chi connectivity index (χ0n) is 11.4. The Morgan fingerprint density at radius 1 is 1.45 bits per heavy atom. The van der Waals surface area contributed by atoms with Gasteiger partial charge in [0.05, 0.1) is 13.5 Å². The highest BCUT2D eigenvalue weighted by atomic mass is 16.6. The highest BCUT2D eigenvalue weighted by Gasteiger charge is 2.22. The number of allylic oxidation sites excluding steroid dienone is 2. The van der Waals surface area contributed by atoms with Crippen LogP contribution in [0.15, 0.2) is 48.6 Å². The standard InChI is InChI=1S/C15H16N2O3/c1-3-6-11-7-4-5-8-12(11)14(18)10-9-13(17-16)15(19)20-2/h3-5,7-8H,1,6,9-10H2,2H3/p+1/b15-13-. The van der Waals surface area contributed by atoms with Crippen LogP contribution in [0.3, 0.4) is 0 Å². The van der Waals surface area contributed by atoms with Gasteiger partial charge < -0.3 is 9.84 Å². The SMILES string of the molecule is C=CCc1ccccc1C(=O)CC/C([N+]#N)=C(\O)OC. The fraction of sp³-hybridized carbons (Fsp3) is 0.267. The summed E-state index contributed by atoms with van der Waals surface area (Å²) >= 11 is 0. The van der Waals surface area contributed by atoms with E-state index in [-0.39, 0.29) is 24.3 Å². The molecule has 0 radical (unpaired) electrons. The summed E-state index contributed by atoms with van der Waals surface area (Å²) in [5.74, 6) is -0.577. The normalized spacial score (nSPS) is 11.2. The van der Waals surface area contributed by atoms with Crippen molar-refractivity contribution in [3.8, 4) is 0 Å². The number of hydrogen-bond donors (Lipinski definition) is 1. The summed E-state index contributed by atoms with van der Waals surface area (Å²) in [5, 5.41) is 18.1. The van der Waals surface area contributed by atoms with Crippen LogP contribution in [-0.4, -0.2) is 18.0 Å². The van der Waals surface area contributed by atoms with Crippen molar-refractivity contribution in [3.63, 3.8) is 0 Å². The quantitative estimate of drug-likeness (QED) is 0.356. The van der Waals surface area contributed by atoms with Gasteiger partial charge in [0.25, 0.3) is 0 Å².